The maximum atomic E-state index is 13.4. The summed E-state index contributed by atoms with van der Waals surface area (Å²) in [6, 6.07) is 11.6. The van der Waals surface area contributed by atoms with Gasteiger partial charge in [0.15, 0.2) is 0 Å². The smallest absolute Gasteiger partial charge is 0.354 e. The van der Waals surface area contributed by atoms with Crippen LogP contribution in [-0.4, -0.2) is 28.5 Å². The molecule has 3 amide bonds. The standard InChI is InChI=1S/C23H17F4N5O2/c1-28-21(33)19-12-16(6-8-29-19)32-9-7-13-10-14(3-5-20(13)32)30-22(34)31-15-2-4-18(24)17(11-15)23(25,26)27/h2-12H,1H3,(H,28,33)(H2,30,31,34). The number of hydrogen-bond acceptors (Lipinski definition) is 3. The van der Waals surface area contributed by atoms with Crippen molar-refractivity contribution < 1.29 is 27.2 Å². The molecule has 7 nitrogen and oxygen atoms in total. The summed E-state index contributed by atoms with van der Waals surface area (Å²) in [6.07, 6.45) is -1.58. The van der Waals surface area contributed by atoms with Crippen LogP contribution in [0.25, 0.3) is 16.6 Å². The fraction of sp³-hybridized carbons (Fsp3) is 0.0870. The van der Waals surface area contributed by atoms with Gasteiger partial charge in [0.1, 0.15) is 11.5 Å². The lowest BCUT2D eigenvalue weighted by molar-refractivity contribution is -0.139. The first-order valence-corrected chi connectivity index (χ1v) is 9.90. The summed E-state index contributed by atoms with van der Waals surface area (Å²) in [5, 5.41) is 8.08. The summed E-state index contributed by atoms with van der Waals surface area (Å²) in [5.41, 5.74) is 0.465. The Hall–Kier alpha value is -4.41. The Kier molecular flexibility index (Phi) is 5.93. The first-order valence-electron chi connectivity index (χ1n) is 9.90. The quantitative estimate of drug-likeness (QED) is 0.358. The molecule has 174 valence electrons. The Morgan fingerprint density at radius 2 is 1.65 bits per heavy atom. The monoisotopic (exact) mass is 471 g/mol. The van der Waals surface area contributed by atoms with E-state index < -0.39 is 23.6 Å². The van der Waals surface area contributed by atoms with Gasteiger partial charge in [0.25, 0.3) is 5.91 Å². The van der Waals surface area contributed by atoms with Crippen LogP contribution in [0.3, 0.4) is 0 Å². The minimum Gasteiger partial charge on any atom is -0.354 e. The molecular weight excluding hydrogens is 454 g/mol. The summed E-state index contributed by atoms with van der Waals surface area (Å²) in [5.74, 6) is -1.75. The van der Waals surface area contributed by atoms with E-state index in [9.17, 15) is 27.2 Å². The lowest BCUT2D eigenvalue weighted by Crippen LogP contribution is -2.20. The molecule has 0 saturated heterocycles. The topological polar surface area (TPSA) is 88.0 Å². The van der Waals surface area contributed by atoms with E-state index in [1.165, 1.54) is 13.2 Å². The van der Waals surface area contributed by atoms with E-state index >= 15 is 0 Å². The largest absolute Gasteiger partial charge is 0.419 e. The molecule has 0 atom stereocenters. The van der Waals surface area contributed by atoms with Crippen LogP contribution < -0.4 is 16.0 Å². The van der Waals surface area contributed by atoms with Gasteiger partial charge in [-0.2, -0.15) is 13.2 Å². The molecule has 0 bridgehead atoms. The zero-order valence-corrected chi connectivity index (χ0v) is 17.6. The van der Waals surface area contributed by atoms with Crippen LogP contribution in [-0.2, 0) is 6.18 Å². The number of rotatable bonds is 4. The number of pyridine rings is 1. The number of fused-ring (bicyclic) bond motifs is 1. The Balaban J connectivity index is 1.53. The number of amides is 3. The maximum absolute atomic E-state index is 13.4. The van der Waals surface area contributed by atoms with Crippen molar-refractivity contribution in [2.45, 2.75) is 6.18 Å². The SMILES string of the molecule is CNC(=O)c1cc(-n2ccc3cc(NC(=O)Nc4ccc(F)c(C(F)(F)F)c4)ccc32)ccn1. The van der Waals surface area contributed by atoms with Crippen LogP contribution >= 0.6 is 0 Å². The van der Waals surface area contributed by atoms with Gasteiger partial charge in [-0.25, -0.2) is 9.18 Å². The van der Waals surface area contributed by atoms with Crippen LogP contribution in [0.4, 0.5) is 33.7 Å². The summed E-state index contributed by atoms with van der Waals surface area (Å²) in [7, 11) is 1.51. The average Bonchev–Trinajstić information content (AvgIpc) is 3.22. The van der Waals surface area contributed by atoms with Gasteiger partial charge in [0, 0.05) is 41.9 Å². The molecular formula is C23H17F4N5O2. The van der Waals surface area contributed by atoms with E-state index in [1.807, 2.05) is 4.57 Å². The Labute approximate surface area is 190 Å². The Morgan fingerprint density at radius 3 is 2.35 bits per heavy atom. The normalized spacial score (nSPS) is 11.3. The van der Waals surface area contributed by atoms with Crippen molar-refractivity contribution in [3.05, 3.63) is 84.1 Å². The molecule has 0 radical (unpaired) electrons. The second-order valence-corrected chi connectivity index (χ2v) is 7.21. The van der Waals surface area contributed by atoms with Crippen molar-refractivity contribution in [1.82, 2.24) is 14.9 Å². The van der Waals surface area contributed by atoms with Crippen molar-refractivity contribution >= 4 is 34.2 Å². The molecule has 2 aromatic heterocycles. The molecule has 4 rings (SSSR count). The number of anilines is 2. The van der Waals surface area contributed by atoms with Gasteiger partial charge in [0.2, 0.25) is 0 Å². The van der Waals surface area contributed by atoms with E-state index in [2.05, 4.69) is 20.9 Å². The zero-order chi connectivity index (χ0) is 24.5. The highest BCUT2D eigenvalue weighted by Gasteiger charge is 2.34. The van der Waals surface area contributed by atoms with Crippen molar-refractivity contribution in [3.8, 4) is 5.69 Å². The van der Waals surface area contributed by atoms with E-state index in [0.29, 0.717) is 23.5 Å². The third-order valence-electron chi connectivity index (χ3n) is 4.96. The molecule has 3 N–H and O–H groups in total. The van der Waals surface area contributed by atoms with E-state index in [-0.39, 0.29) is 17.3 Å². The number of carbonyl (C=O) groups excluding carboxylic acids is 2. The van der Waals surface area contributed by atoms with Gasteiger partial charge >= 0.3 is 12.2 Å². The molecule has 2 aromatic carbocycles. The molecule has 0 spiro atoms. The number of carbonyl (C=O) groups is 2. The zero-order valence-electron chi connectivity index (χ0n) is 17.6. The summed E-state index contributed by atoms with van der Waals surface area (Å²) in [4.78, 5) is 28.2. The molecule has 0 fully saturated rings. The fourth-order valence-electron chi connectivity index (χ4n) is 3.38. The van der Waals surface area contributed by atoms with Crippen LogP contribution in [0.5, 0.6) is 0 Å². The van der Waals surface area contributed by atoms with Crippen LogP contribution in [0, 0.1) is 5.82 Å². The van der Waals surface area contributed by atoms with Gasteiger partial charge in [-0.1, -0.05) is 0 Å². The number of urea groups is 1. The predicted octanol–water partition coefficient (Wildman–Crippen LogP) is 5.19. The van der Waals surface area contributed by atoms with E-state index in [1.54, 1.807) is 42.6 Å². The number of alkyl halides is 3. The average molecular weight is 471 g/mol. The molecule has 0 aliphatic heterocycles. The van der Waals surface area contributed by atoms with Crippen molar-refractivity contribution in [2.75, 3.05) is 17.7 Å². The molecule has 0 aliphatic rings. The second-order valence-electron chi connectivity index (χ2n) is 7.21. The van der Waals surface area contributed by atoms with Crippen molar-refractivity contribution in [3.63, 3.8) is 0 Å². The molecule has 0 saturated carbocycles. The summed E-state index contributed by atoms with van der Waals surface area (Å²) < 4.78 is 53.9. The molecule has 0 unspecified atom stereocenters. The lowest BCUT2D eigenvalue weighted by atomic mass is 10.2. The van der Waals surface area contributed by atoms with Crippen molar-refractivity contribution in [1.29, 1.82) is 0 Å². The van der Waals surface area contributed by atoms with Crippen molar-refractivity contribution in [2.24, 2.45) is 0 Å². The first-order chi connectivity index (χ1) is 16.2. The summed E-state index contributed by atoms with van der Waals surface area (Å²) >= 11 is 0. The highest BCUT2D eigenvalue weighted by atomic mass is 19.4. The molecule has 34 heavy (non-hydrogen) atoms. The van der Waals surface area contributed by atoms with E-state index in [0.717, 1.165) is 17.0 Å². The third kappa shape index (κ3) is 4.68. The third-order valence-corrected chi connectivity index (χ3v) is 4.96. The van der Waals surface area contributed by atoms with Crippen LogP contribution in [0.2, 0.25) is 0 Å². The maximum Gasteiger partial charge on any atom is 0.419 e. The van der Waals surface area contributed by atoms with E-state index in [4.69, 9.17) is 0 Å². The van der Waals surface area contributed by atoms with Gasteiger partial charge in [-0.3, -0.25) is 9.78 Å². The van der Waals surface area contributed by atoms with Gasteiger partial charge in [-0.05, 0) is 54.6 Å². The van der Waals surface area contributed by atoms with Crippen LogP contribution in [0.15, 0.2) is 67.0 Å². The molecule has 4 aromatic rings. The number of nitrogens with one attached hydrogen (secondary N) is 3. The molecule has 2 heterocycles. The first kappa shape index (κ1) is 22.8. The van der Waals surface area contributed by atoms with Gasteiger partial charge in [-0.15, -0.1) is 0 Å². The number of halogens is 4. The molecule has 11 heteroatoms. The predicted molar refractivity (Wildman–Crippen MR) is 119 cm³/mol. The molecule has 0 aliphatic carbocycles. The van der Waals surface area contributed by atoms with Crippen LogP contribution in [0.1, 0.15) is 16.1 Å². The fourth-order valence-corrected chi connectivity index (χ4v) is 3.38. The number of nitrogens with zero attached hydrogens (tertiary/aromatic N) is 2. The highest BCUT2D eigenvalue weighted by molar-refractivity contribution is 6.01. The minimum absolute atomic E-state index is 0.205. The van der Waals surface area contributed by atoms with Gasteiger partial charge in [0.05, 0.1) is 11.1 Å². The Bertz CT molecular complexity index is 1400. The Morgan fingerprint density at radius 1 is 0.941 bits per heavy atom. The lowest BCUT2D eigenvalue weighted by Gasteiger charge is -2.12. The number of benzene rings is 2. The number of aromatic nitrogens is 2. The highest BCUT2D eigenvalue weighted by Crippen LogP contribution is 2.33. The second kappa shape index (κ2) is 8.85. The minimum atomic E-state index is -4.88. The number of hydrogen-bond donors (Lipinski definition) is 3. The summed E-state index contributed by atoms with van der Waals surface area (Å²) in [6.45, 7) is 0. The van der Waals surface area contributed by atoms with Gasteiger partial charge < -0.3 is 20.5 Å².